The Bertz CT molecular complexity index is 590. The molecule has 0 aliphatic carbocycles. The molecule has 0 radical (unpaired) electrons. The number of hydrogen-bond donors (Lipinski definition) is 1. The predicted octanol–water partition coefficient (Wildman–Crippen LogP) is 4.04. The van der Waals surface area contributed by atoms with Crippen LogP contribution in [0, 0.1) is 0 Å². The molecule has 3 heteroatoms. The van der Waals surface area contributed by atoms with Gasteiger partial charge in [0.05, 0.1) is 19.3 Å². The fourth-order valence-corrected chi connectivity index (χ4v) is 3.93. The average Bonchev–Trinajstić information content (AvgIpc) is 3.12. The third kappa shape index (κ3) is 2.53. The summed E-state index contributed by atoms with van der Waals surface area (Å²) in [6, 6.07) is 9.34. The number of benzene rings is 1. The van der Waals surface area contributed by atoms with Crippen LogP contribution in [-0.4, -0.2) is 6.54 Å². The van der Waals surface area contributed by atoms with E-state index in [1.54, 1.807) is 0 Å². The van der Waals surface area contributed by atoms with Crippen LogP contribution < -0.4 is 5.32 Å². The lowest BCUT2D eigenvalue weighted by molar-refractivity contribution is 0.134. The standard InChI is InChI=1S/C17H21NOS/c1-3-12-7-8-20-17(12)16(18-4-2)13-5-6-14-10-19-11-15(14)9-13/h5-9,16,18H,3-4,10-11H2,1-2H3. The van der Waals surface area contributed by atoms with Crippen LogP contribution in [0.5, 0.6) is 0 Å². The van der Waals surface area contributed by atoms with E-state index < -0.39 is 0 Å². The van der Waals surface area contributed by atoms with Gasteiger partial charge in [0.15, 0.2) is 0 Å². The number of fused-ring (bicyclic) bond motifs is 1. The fourth-order valence-electron chi connectivity index (χ4n) is 2.83. The summed E-state index contributed by atoms with van der Waals surface area (Å²) in [6.45, 7) is 6.89. The summed E-state index contributed by atoms with van der Waals surface area (Å²) < 4.78 is 5.53. The Hall–Kier alpha value is -1.16. The molecule has 2 nitrogen and oxygen atoms in total. The topological polar surface area (TPSA) is 21.3 Å². The molecule has 0 fully saturated rings. The van der Waals surface area contributed by atoms with Gasteiger partial charge < -0.3 is 10.1 Å². The molecule has 1 atom stereocenters. The van der Waals surface area contributed by atoms with Crippen molar-refractivity contribution in [3.63, 3.8) is 0 Å². The molecule has 0 spiro atoms. The van der Waals surface area contributed by atoms with Crippen molar-refractivity contribution in [2.75, 3.05) is 6.54 Å². The molecular weight excluding hydrogens is 266 g/mol. The summed E-state index contributed by atoms with van der Waals surface area (Å²) in [5, 5.41) is 5.84. The summed E-state index contributed by atoms with van der Waals surface area (Å²) in [5.74, 6) is 0. The molecule has 0 saturated carbocycles. The Kier molecular flexibility index (Phi) is 4.20. The van der Waals surface area contributed by atoms with Crippen LogP contribution in [0.2, 0.25) is 0 Å². The van der Waals surface area contributed by atoms with Gasteiger partial charge in [0.2, 0.25) is 0 Å². The third-order valence-electron chi connectivity index (χ3n) is 3.91. The van der Waals surface area contributed by atoms with Crippen LogP contribution in [0.25, 0.3) is 0 Å². The zero-order chi connectivity index (χ0) is 13.9. The molecule has 1 aliphatic heterocycles. The van der Waals surface area contributed by atoms with Gasteiger partial charge in [-0.25, -0.2) is 0 Å². The average molecular weight is 287 g/mol. The van der Waals surface area contributed by atoms with Gasteiger partial charge in [0.25, 0.3) is 0 Å². The zero-order valence-corrected chi connectivity index (χ0v) is 12.9. The first-order valence-corrected chi connectivity index (χ1v) is 8.20. The van der Waals surface area contributed by atoms with E-state index >= 15 is 0 Å². The van der Waals surface area contributed by atoms with Gasteiger partial charge >= 0.3 is 0 Å². The van der Waals surface area contributed by atoms with E-state index in [9.17, 15) is 0 Å². The minimum Gasteiger partial charge on any atom is -0.372 e. The largest absolute Gasteiger partial charge is 0.372 e. The van der Waals surface area contributed by atoms with Crippen LogP contribution in [0.4, 0.5) is 0 Å². The van der Waals surface area contributed by atoms with Crippen LogP contribution in [0.15, 0.2) is 29.6 Å². The van der Waals surface area contributed by atoms with Crippen molar-refractivity contribution in [3.05, 3.63) is 56.8 Å². The first-order valence-electron chi connectivity index (χ1n) is 7.32. The smallest absolute Gasteiger partial charge is 0.0725 e. The second kappa shape index (κ2) is 6.08. The zero-order valence-electron chi connectivity index (χ0n) is 12.1. The summed E-state index contributed by atoms with van der Waals surface area (Å²) in [6.07, 6.45) is 1.09. The molecule has 0 amide bonds. The van der Waals surface area contributed by atoms with Crippen LogP contribution >= 0.6 is 11.3 Å². The highest BCUT2D eigenvalue weighted by Crippen LogP contribution is 2.32. The molecule has 2 aromatic rings. The van der Waals surface area contributed by atoms with E-state index in [2.05, 4.69) is 48.8 Å². The molecule has 106 valence electrons. The second-order valence-electron chi connectivity index (χ2n) is 5.18. The minimum absolute atomic E-state index is 0.306. The number of ether oxygens (including phenoxy) is 1. The lowest BCUT2D eigenvalue weighted by Crippen LogP contribution is -2.22. The van der Waals surface area contributed by atoms with E-state index in [4.69, 9.17) is 4.74 Å². The number of nitrogens with one attached hydrogen (secondary N) is 1. The second-order valence-corrected chi connectivity index (χ2v) is 6.12. The highest BCUT2D eigenvalue weighted by molar-refractivity contribution is 7.10. The Labute approximate surface area is 124 Å². The number of aryl methyl sites for hydroxylation is 1. The summed E-state index contributed by atoms with van der Waals surface area (Å²) in [4.78, 5) is 1.45. The Morgan fingerprint density at radius 3 is 2.85 bits per heavy atom. The number of hydrogen-bond acceptors (Lipinski definition) is 3. The van der Waals surface area contributed by atoms with E-state index in [0.717, 1.165) is 26.2 Å². The van der Waals surface area contributed by atoms with Crippen molar-refractivity contribution in [3.8, 4) is 0 Å². The maximum Gasteiger partial charge on any atom is 0.0725 e. The molecule has 1 unspecified atom stereocenters. The number of thiophene rings is 1. The SMILES string of the molecule is CCNC(c1ccc2c(c1)COC2)c1sccc1CC. The normalized spacial score (nSPS) is 15.3. The van der Waals surface area contributed by atoms with Crippen molar-refractivity contribution in [2.45, 2.75) is 39.5 Å². The maximum atomic E-state index is 5.53. The monoisotopic (exact) mass is 287 g/mol. The lowest BCUT2D eigenvalue weighted by atomic mass is 9.98. The van der Waals surface area contributed by atoms with Crippen LogP contribution in [0.1, 0.15) is 47.0 Å². The van der Waals surface area contributed by atoms with Crippen molar-refractivity contribution < 1.29 is 4.74 Å². The van der Waals surface area contributed by atoms with E-state index in [1.165, 1.54) is 27.1 Å². The molecule has 1 aromatic carbocycles. The minimum atomic E-state index is 0.306. The quantitative estimate of drug-likeness (QED) is 0.896. The highest BCUT2D eigenvalue weighted by atomic mass is 32.1. The van der Waals surface area contributed by atoms with Crippen LogP contribution in [-0.2, 0) is 24.4 Å². The van der Waals surface area contributed by atoms with Gasteiger partial charge in [0, 0.05) is 4.88 Å². The lowest BCUT2D eigenvalue weighted by Gasteiger charge is -2.19. The molecule has 0 saturated heterocycles. The molecule has 3 rings (SSSR count). The maximum absolute atomic E-state index is 5.53. The van der Waals surface area contributed by atoms with E-state index in [0.29, 0.717) is 6.04 Å². The predicted molar refractivity (Wildman–Crippen MR) is 84.2 cm³/mol. The van der Waals surface area contributed by atoms with Gasteiger partial charge in [-0.15, -0.1) is 11.3 Å². The molecule has 20 heavy (non-hydrogen) atoms. The number of rotatable bonds is 5. The first-order chi connectivity index (χ1) is 9.83. The van der Waals surface area contributed by atoms with Crippen molar-refractivity contribution in [1.82, 2.24) is 5.32 Å². The van der Waals surface area contributed by atoms with Gasteiger partial charge in [-0.1, -0.05) is 32.0 Å². The first kappa shape index (κ1) is 13.8. The van der Waals surface area contributed by atoms with Crippen molar-refractivity contribution >= 4 is 11.3 Å². The third-order valence-corrected chi connectivity index (χ3v) is 4.93. The van der Waals surface area contributed by atoms with Gasteiger partial charge in [0.1, 0.15) is 0 Å². The van der Waals surface area contributed by atoms with Crippen LogP contribution in [0.3, 0.4) is 0 Å². The van der Waals surface area contributed by atoms with Crippen molar-refractivity contribution in [2.24, 2.45) is 0 Å². The van der Waals surface area contributed by atoms with Gasteiger partial charge in [-0.3, -0.25) is 0 Å². The Balaban J connectivity index is 1.98. The van der Waals surface area contributed by atoms with Crippen molar-refractivity contribution in [1.29, 1.82) is 0 Å². The van der Waals surface area contributed by atoms with E-state index in [-0.39, 0.29) is 0 Å². The summed E-state index contributed by atoms with van der Waals surface area (Å²) in [7, 11) is 0. The van der Waals surface area contributed by atoms with Gasteiger partial charge in [-0.05, 0) is 46.7 Å². The Morgan fingerprint density at radius 2 is 2.05 bits per heavy atom. The van der Waals surface area contributed by atoms with Gasteiger partial charge in [-0.2, -0.15) is 0 Å². The fraction of sp³-hybridized carbons (Fsp3) is 0.412. The van der Waals surface area contributed by atoms with E-state index in [1.807, 2.05) is 11.3 Å². The Morgan fingerprint density at radius 1 is 1.20 bits per heavy atom. The molecule has 1 N–H and O–H groups in total. The molecule has 2 heterocycles. The molecule has 0 bridgehead atoms. The highest BCUT2D eigenvalue weighted by Gasteiger charge is 2.20. The molecular formula is C17H21NOS. The molecule has 1 aliphatic rings. The summed E-state index contributed by atoms with van der Waals surface area (Å²) >= 11 is 1.86. The summed E-state index contributed by atoms with van der Waals surface area (Å²) in [5.41, 5.74) is 5.50. The molecule has 1 aromatic heterocycles.